The molecule has 0 radical (unpaired) electrons. The van der Waals surface area contributed by atoms with E-state index in [0.717, 1.165) is 16.0 Å². The molecule has 0 fully saturated rings. The molecule has 0 saturated heterocycles. The van der Waals surface area contributed by atoms with Crippen LogP contribution >= 0.6 is 11.3 Å². The van der Waals surface area contributed by atoms with Crippen LogP contribution < -0.4 is 23.7 Å². The van der Waals surface area contributed by atoms with E-state index in [1.54, 1.807) is 19.2 Å². The molecule has 0 aliphatic rings. The molecule has 2 aromatic carbocycles. The molecular formula is C20H22N2O5S. The summed E-state index contributed by atoms with van der Waals surface area (Å²) in [4.78, 5) is 17.8. The van der Waals surface area contributed by atoms with Gasteiger partial charge in [0.05, 0.1) is 33.1 Å². The third-order valence-electron chi connectivity index (χ3n) is 4.31. The molecule has 28 heavy (non-hydrogen) atoms. The van der Waals surface area contributed by atoms with Gasteiger partial charge in [0.15, 0.2) is 16.3 Å². The average molecular weight is 402 g/mol. The van der Waals surface area contributed by atoms with E-state index in [4.69, 9.17) is 18.9 Å². The van der Waals surface area contributed by atoms with Gasteiger partial charge in [0.25, 0.3) is 5.91 Å². The smallest absolute Gasteiger partial charge is 0.279 e. The number of methoxy groups -OCH3 is 4. The van der Waals surface area contributed by atoms with Crippen LogP contribution in [0.2, 0.25) is 0 Å². The molecule has 3 aromatic rings. The molecule has 0 bridgehead atoms. The minimum atomic E-state index is -0.396. The van der Waals surface area contributed by atoms with Gasteiger partial charge in [-0.2, -0.15) is 4.99 Å². The molecule has 0 atom stereocenters. The summed E-state index contributed by atoms with van der Waals surface area (Å²) in [7, 11) is 6.16. The number of hydrogen-bond acceptors (Lipinski definition) is 6. The number of benzene rings is 2. The highest BCUT2D eigenvalue weighted by atomic mass is 32.1. The zero-order chi connectivity index (χ0) is 20.3. The summed E-state index contributed by atoms with van der Waals surface area (Å²) < 4.78 is 24.4. The maximum atomic E-state index is 12.9. The Labute approximate surface area is 166 Å². The first-order chi connectivity index (χ1) is 13.6. The number of fused-ring (bicyclic) bond motifs is 1. The molecule has 0 spiro atoms. The molecule has 0 saturated carbocycles. The van der Waals surface area contributed by atoms with Gasteiger partial charge in [-0.05, 0) is 31.2 Å². The lowest BCUT2D eigenvalue weighted by molar-refractivity contribution is 0.0997. The van der Waals surface area contributed by atoms with Crippen LogP contribution in [0.5, 0.6) is 23.0 Å². The predicted octanol–water partition coefficient (Wildman–Crippen LogP) is 3.50. The normalized spacial score (nSPS) is 11.5. The number of para-hydroxylation sites is 1. The Kier molecular flexibility index (Phi) is 5.89. The Balaban J connectivity index is 2.16. The molecule has 8 heteroatoms. The number of amides is 1. The van der Waals surface area contributed by atoms with E-state index >= 15 is 0 Å². The van der Waals surface area contributed by atoms with Crippen molar-refractivity contribution in [3.8, 4) is 23.0 Å². The van der Waals surface area contributed by atoms with Crippen molar-refractivity contribution in [2.75, 3.05) is 28.4 Å². The lowest BCUT2D eigenvalue weighted by Crippen LogP contribution is -2.16. The molecule has 3 rings (SSSR count). The number of thiazole rings is 1. The number of rotatable bonds is 6. The summed E-state index contributed by atoms with van der Waals surface area (Å²) >= 11 is 1.44. The summed E-state index contributed by atoms with van der Waals surface area (Å²) in [6.45, 7) is 2.66. The Morgan fingerprint density at radius 1 is 1.00 bits per heavy atom. The second-order valence-electron chi connectivity index (χ2n) is 5.77. The van der Waals surface area contributed by atoms with E-state index in [2.05, 4.69) is 4.99 Å². The van der Waals surface area contributed by atoms with Gasteiger partial charge in [0.1, 0.15) is 11.3 Å². The fourth-order valence-electron chi connectivity index (χ4n) is 3.00. The van der Waals surface area contributed by atoms with Crippen molar-refractivity contribution in [2.24, 2.45) is 4.99 Å². The number of nitrogens with zero attached hydrogens (tertiary/aromatic N) is 2. The maximum Gasteiger partial charge on any atom is 0.279 e. The molecule has 1 amide bonds. The van der Waals surface area contributed by atoms with Crippen LogP contribution in [-0.4, -0.2) is 38.9 Å². The van der Waals surface area contributed by atoms with Crippen molar-refractivity contribution >= 4 is 27.5 Å². The van der Waals surface area contributed by atoms with E-state index in [1.807, 2.05) is 29.7 Å². The predicted molar refractivity (Wildman–Crippen MR) is 108 cm³/mol. The fourth-order valence-corrected chi connectivity index (χ4v) is 4.11. The highest BCUT2D eigenvalue weighted by Gasteiger charge is 2.17. The minimum absolute atomic E-state index is 0.349. The Morgan fingerprint density at radius 2 is 1.64 bits per heavy atom. The van der Waals surface area contributed by atoms with E-state index in [9.17, 15) is 4.79 Å². The topological polar surface area (TPSA) is 71.3 Å². The van der Waals surface area contributed by atoms with Crippen LogP contribution in [-0.2, 0) is 6.54 Å². The molecule has 0 N–H and O–H groups in total. The van der Waals surface area contributed by atoms with Gasteiger partial charge >= 0.3 is 0 Å². The highest BCUT2D eigenvalue weighted by molar-refractivity contribution is 7.16. The summed E-state index contributed by atoms with van der Waals surface area (Å²) in [5, 5.41) is 0. The monoisotopic (exact) mass is 402 g/mol. The number of carbonyl (C=O) groups is 1. The summed E-state index contributed by atoms with van der Waals surface area (Å²) in [5.74, 6) is 1.59. The second-order valence-corrected chi connectivity index (χ2v) is 6.78. The zero-order valence-electron chi connectivity index (χ0n) is 16.4. The zero-order valence-corrected chi connectivity index (χ0v) is 17.3. The first-order valence-corrected chi connectivity index (χ1v) is 9.44. The van der Waals surface area contributed by atoms with E-state index in [-0.39, 0.29) is 0 Å². The highest BCUT2D eigenvalue weighted by Crippen LogP contribution is 2.38. The minimum Gasteiger partial charge on any atom is -0.495 e. The Morgan fingerprint density at radius 3 is 2.18 bits per heavy atom. The quantitative estimate of drug-likeness (QED) is 0.631. The fraction of sp³-hybridized carbons (Fsp3) is 0.300. The van der Waals surface area contributed by atoms with Gasteiger partial charge < -0.3 is 23.5 Å². The average Bonchev–Trinajstić information content (AvgIpc) is 3.09. The number of carbonyl (C=O) groups excluding carboxylic acids is 1. The first-order valence-electron chi connectivity index (χ1n) is 8.63. The van der Waals surface area contributed by atoms with Gasteiger partial charge in [-0.3, -0.25) is 4.79 Å². The van der Waals surface area contributed by atoms with E-state index in [0.29, 0.717) is 34.2 Å². The van der Waals surface area contributed by atoms with Crippen LogP contribution in [0.4, 0.5) is 0 Å². The molecule has 148 valence electrons. The third-order valence-corrected chi connectivity index (χ3v) is 5.35. The lowest BCUT2D eigenvalue weighted by Gasteiger charge is -2.12. The summed E-state index contributed by atoms with van der Waals surface area (Å²) in [5.41, 5.74) is 1.27. The maximum absolute atomic E-state index is 12.9. The lowest BCUT2D eigenvalue weighted by atomic mass is 10.1. The molecule has 7 nitrogen and oxygen atoms in total. The van der Waals surface area contributed by atoms with Gasteiger partial charge in [0, 0.05) is 12.1 Å². The van der Waals surface area contributed by atoms with E-state index < -0.39 is 5.91 Å². The van der Waals surface area contributed by atoms with Crippen molar-refractivity contribution < 1.29 is 23.7 Å². The first kappa shape index (κ1) is 19.8. The van der Waals surface area contributed by atoms with Gasteiger partial charge in [0.2, 0.25) is 5.75 Å². The van der Waals surface area contributed by atoms with Crippen molar-refractivity contribution in [1.82, 2.24) is 4.57 Å². The molecule has 0 aliphatic carbocycles. The number of aromatic nitrogens is 1. The van der Waals surface area contributed by atoms with Crippen molar-refractivity contribution in [1.29, 1.82) is 0 Å². The van der Waals surface area contributed by atoms with Crippen LogP contribution in [0.15, 0.2) is 35.3 Å². The van der Waals surface area contributed by atoms with Crippen LogP contribution in [0, 0.1) is 0 Å². The number of ether oxygens (including phenoxy) is 4. The standard InChI is InChI=1S/C20H22N2O5S/c1-6-22-17-13(24-2)8-7-9-16(17)28-20(22)21-19(23)12-10-14(25-3)18(27-5)15(11-12)26-4/h7-11H,6H2,1-5H3. The van der Waals surface area contributed by atoms with Gasteiger partial charge in [-0.15, -0.1) is 0 Å². The summed E-state index contributed by atoms with van der Waals surface area (Å²) in [6, 6.07) is 8.99. The second kappa shape index (κ2) is 8.35. The van der Waals surface area contributed by atoms with Gasteiger partial charge in [-0.1, -0.05) is 17.4 Å². The number of hydrogen-bond donors (Lipinski definition) is 0. The van der Waals surface area contributed by atoms with Crippen molar-refractivity contribution in [3.05, 3.63) is 40.7 Å². The van der Waals surface area contributed by atoms with Gasteiger partial charge in [-0.25, -0.2) is 0 Å². The van der Waals surface area contributed by atoms with E-state index in [1.165, 1.54) is 32.7 Å². The molecular weight excluding hydrogens is 380 g/mol. The Hall–Kier alpha value is -3.00. The number of aryl methyl sites for hydroxylation is 1. The molecule has 1 aromatic heterocycles. The largest absolute Gasteiger partial charge is 0.495 e. The van der Waals surface area contributed by atoms with Crippen LogP contribution in [0.1, 0.15) is 17.3 Å². The van der Waals surface area contributed by atoms with Crippen molar-refractivity contribution in [3.63, 3.8) is 0 Å². The summed E-state index contributed by atoms with van der Waals surface area (Å²) in [6.07, 6.45) is 0. The molecule has 1 heterocycles. The van der Waals surface area contributed by atoms with Crippen LogP contribution in [0.3, 0.4) is 0 Å². The Bertz CT molecular complexity index is 1060. The molecule has 0 aliphatic heterocycles. The SMILES string of the molecule is CCn1c(=NC(=O)c2cc(OC)c(OC)c(OC)c2)sc2cccc(OC)c21. The van der Waals surface area contributed by atoms with Crippen molar-refractivity contribution in [2.45, 2.75) is 13.5 Å². The van der Waals surface area contributed by atoms with Crippen LogP contribution in [0.25, 0.3) is 10.2 Å². The molecule has 0 unspecified atom stereocenters. The third kappa shape index (κ3) is 3.43.